The molecule has 2 N–H and O–H groups in total. The molecule has 6 heteroatoms. The number of nitro benzene ring substituents is 1. The summed E-state index contributed by atoms with van der Waals surface area (Å²) in [7, 11) is 0. The second-order valence-electron chi connectivity index (χ2n) is 3.17. The number of Topliss-reactive ketones (excluding diaryl/α,β-unsaturated/α-hetero) is 1. The summed E-state index contributed by atoms with van der Waals surface area (Å²) in [5.41, 5.74) is -0.106. The molecule has 1 aromatic rings. The predicted octanol–water partition coefficient (Wildman–Crippen LogP) is 1.18. The average molecular weight is 222 g/mol. The zero-order chi connectivity index (χ0) is 12.1. The molecule has 1 rings (SSSR count). The first-order chi connectivity index (χ1) is 7.54. The Morgan fingerprint density at radius 2 is 2.19 bits per heavy atom. The summed E-state index contributed by atoms with van der Waals surface area (Å²) in [6.45, 7) is -0.485. The molecule has 0 aliphatic heterocycles. The van der Waals surface area contributed by atoms with E-state index in [9.17, 15) is 14.9 Å². The van der Waals surface area contributed by atoms with Crippen LogP contribution in [0.4, 0.5) is 5.69 Å². The zero-order valence-corrected chi connectivity index (χ0v) is 8.34. The summed E-state index contributed by atoms with van der Waals surface area (Å²) >= 11 is 0. The van der Waals surface area contributed by atoms with Crippen LogP contribution in [0.25, 0.3) is 0 Å². The third kappa shape index (κ3) is 2.96. The number of aliphatic hydroxyl groups is 1. The molecule has 16 heavy (non-hydrogen) atoms. The van der Waals surface area contributed by atoms with Crippen LogP contribution >= 0.6 is 0 Å². The molecule has 0 amide bonds. The molecule has 0 saturated heterocycles. The molecule has 1 aromatic carbocycles. The van der Waals surface area contributed by atoms with Gasteiger partial charge in [-0.15, -0.1) is 0 Å². The summed E-state index contributed by atoms with van der Waals surface area (Å²) in [6, 6.07) is 5.30. The fourth-order valence-corrected chi connectivity index (χ4v) is 1.14. The van der Waals surface area contributed by atoms with E-state index >= 15 is 0 Å². The van der Waals surface area contributed by atoms with Crippen molar-refractivity contribution in [2.45, 2.75) is 6.42 Å². The molecular formula is C10H10N2O4. The quantitative estimate of drug-likeness (QED) is 0.337. The van der Waals surface area contributed by atoms with Gasteiger partial charge in [-0.05, 0) is 0 Å². The van der Waals surface area contributed by atoms with E-state index < -0.39 is 17.3 Å². The van der Waals surface area contributed by atoms with E-state index in [4.69, 9.17) is 10.5 Å². The highest BCUT2D eigenvalue weighted by Gasteiger charge is 2.12. The molecule has 0 bridgehead atoms. The number of rotatable bonds is 5. The summed E-state index contributed by atoms with van der Waals surface area (Å²) in [5, 5.41) is 26.2. The van der Waals surface area contributed by atoms with E-state index in [-0.39, 0.29) is 23.4 Å². The third-order valence-electron chi connectivity index (χ3n) is 1.94. The predicted molar refractivity (Wildman–Crippen MR) is 56.9 cm³/mol. The molecule has 6 nitrogen and oxygen atoms in total. The molecule has 0 heterocycles. The first-order valence-corrected chi connectivity index (χ1v) is 4.49. The van der Waals surface area contributed by atoms with Gasteiger partial charge < -0.3 is 10.5 Å². The number of nitrogens with one attached hydrogen (secondary N) is 1. The minimum atomic E-state index is -0.589. The van der Waals surface area contributed by atoms with Crippen LogP contribution in [0.3, 0.4) is 0 Å². The van der Waals surface area contributed by atoms with E-state index in [1.807, 2.05) is 0 Å². The van der Waals surface area contributed by atoms with Crippen LogP contribution in [-0.4, -0.2) is 28.1 Å². The van der Waals surface area contributed by atoms with Crippen LogP contribution in [0.5, 0.6) is 0 Å². The zero-order valence-electron chi connectivity index (χ0n) is 8.34. The van der Waals surface area contributed by atoms with E-state index in [1.165, 1.54) is 18.2 Å². The SMILES string of the molecule is N=C(CO)CC(=O)c1cccc([N+](=O)[O-])c1. The maximum absolute atomic E-state index is 11.5. The lowest BCUT2D eigenvalue weighted by Gasteiger charge is -2.00. The van der Waals surface area contributed by atoms with Crippen molar-refractivity contribution < 1.29 is 14.8 Å². The lowest BCUT2D eigenvalue weighted by molar-refractivity contribution is -0.384. The Hall–Kier alpha value is -2.08. The van der Waals surface area contributed by atoms with Gasteiger partial charge in [-0.1, -0.05) is 12.1 Å². The summed E-state index contributed by atoms with van der Waals surface area (Å²) in [5.74, 6) is -0.414. The van der Waals surface area contributed by atoms with Crippen LogP contribution in [0.15, 0.2) is 24.3 Å². The second kappa shape index (κ2) is 5.13. The number of ketones is 1. The van der Waals surface area contributed by atoms with E-state index in [1.54, 1.807) is 0 Å². The average Bonchev–Trinajstić information content (AvgIpc) is 2.28. The number of hydrogen-bond acceptors (Lipinski definition) is 5. The smallest absolute Gasteiger partial charge is 0.270 e. The molecule has 0 fully saturated rings. The monoisotopic (exact) mass is 222 g/mol. The number of aliphatic hydroxyl groups excluding tert-OH is 1. The Morgan fingerprint density at radius 3 is 2.75 bits per heavy atom. The number of nitro groups is 1. The van der Waals surface area contributed by atoms with Crippen LogP contribution in [-0.2, 0) is 0 Å². The molecule has 0 aliphatic rings. The van der Waals surface area contributed by atoms with Crippen molar-refractivity contribution in [3.8, 4) is 0 Å². The van der Waals surface area contributed by atoms with Crippen molar-refractivity contribution in [3.63, 3.8) is 0 Å². The maximum atomic E-state index is 11.5. The molecule has 0 atom stereocenters. The van der Waals surface area contributed by atoms with Gasteiger partial charge in [-0.3, -0.25) is 14.9 Å². The van der Waals surface area contributed by atoms with Gasteiger partial charge in [0, 0.05) is 23.4 Å². The Labute approximate surface area is 91.2 Å². The van der Waals surface area contributed by atoms with Gasteiger partial charge in [0.25, 0.3) is 5.69 Å². The van der Waals surface area contributed by atoms with Gasteiger partial charge >= 0.3 is 0 Å². The number of hydrogen-bond donors (Lipinski definition) is 2. The Bertz CT molecular complexity index is 442. The van der Waals surface area contributed by atoms with Crippen LogP contribution in [0, 0.1) is 15.5 Å². The molecule has 0 aromatic heterocycles. The highest BCUT2D eigenvalue weighted by Crippen LogP contribution is 2.14. The lowest BCUT2D eigenvalue weighted by atomic mass is 10.1. The maximum Gasteiger partial charge on any atom is 0.270 e. The van der Waals surface area contributed by atoms with Gasteiger partial charge in [-0.2, -0.15) is 0 Å². The van der Waals surface area contributed by atoms with Gasteiger partial charge in [-0.25, -0.2) is 0 Å². The molecule has 0 radical (unpaired) electrons. The van der Waals surface area contributed by atoms with Crippen molar-refractivity contribution in [3.05, 3.63) is 39.9 Å². The van der Waals surface area contributed by atoms with Crippen molar-refractivity contribution >= 4 is 17.2 Å². The topological polar surface area (TPSA) is 104 Å². The van der Waals surface area contributed by atoms with Crippen molar-refractivity contribution in [1.82, 2.24) is 0 Å². The van der Waals surface area contributed by atoms with E-state index in [0.29, 0.717) is 0 Å². The number of nitrogens with zero attached hydrogens (tertiary/aromatic N) is 1. The second-order valence-corrected chi connectivity index (χ2v) is 3.17. The lowest BCUT2D eigenvalue weighted by Crippen LogP contribution is -2.10. The van der Waals surface area contributed by atoms with Gasteiger partial charge in [0.15, 0.2) is 5.78 Å². The van der Waals surface area contributed by atoms with Gasteiger partial charge in [0.05, 0.1) is 18.0 Å². The van der Waals surface area contributed by atoms with Crippen molar-refractivity contribution in [2.24, 2.45) is 0 Å². The van der Waals surface area contributed by atoms with Crippen LogP contribution in [0.1, 0.15) is 16.8 Å². The van der Waals surface area contributed by atoms with E-state index in [0.717, 1.165) is 6.07 Å². The van der Waals surface area contributed by atoms with Crippen LogP contribution < -0.4 is 0 Å². The number of carbonyl (C=O) groups is 1. The van der Waals surface area contributed by atoms with Crippen molar-refractivity contribution in [2.75, 3.05) is 6.61 Å². The van der Waals surface area contributed by atoms with Gasteiger partial charge in [0.1, 0.15) is 0 Å². The minimum Gasteiger partial charge on any atom is -0.390 e. The Morgan fingerprint density at radius 1 is 1.50 bits per heavy atom. The molecule has 0 aliphatic carbocycles. The Kier molecular flexibility index (Phi) is 3.84. The summed E-state index contributed by atoms with van der Waals surface area (Å²) < 4.78 is 0. The third-order valence-corrected chi connectivity index (χ3v) is 1.94. The first kappa shape index (κ1) is 12.0. The summed E-state index contributed by atoms with van der Waals surface area (Å²) in [6.07, 6.45) is -0.225. The molecular weight excluding hydrogens is 212 g/mol. The Balaban J connectivity index is 2.88. The molecule has 0 unspecified atom stereocenters. The van der Waals surface area contributed by atoms with Crippen LogP contribution in [0.2, 0.25) is 0 Å². The first-order valence-electron chi connectivity index (χ1n) is 4.49. The van der Waals surface area contributed by atoms with E-state index in [2.05, 4.69) is 0 Å². The normalized spacial score (nSPS) is 9.81. The molecule has 84 valence electrons. The summed E-state index contributed by atoms with van der Waals surface area (Å²) in [4.78, 5) is 21.4. The number of carbonyl (C=O) groups excluding carboxylic acids is 1. The standard InChI is InChI=1S/C10H10N2O4/c11-8(6-13)5-10(14)7-2-1-3-9(4-7)12(15)16/h1-4,11,13H,5-6H2. The van der Waals surface area contributed by atoms with Gasteiger partial charge in [0.2, 0.25) is 0 Å². The highest BCUT2D eigenvalue weighted by molar-refractivity contribution is 6.09. The number of non-ortho nitro benzene ring substituents is 1. The fourth-order valence-electron chi connectivity index (χ4n) is 1.14. The fraction of sp³-hybridized carbons (Fsp3) is 0.200. The minimum absolute atomic E-state index is 0.114. The number of benzene rings is 1. The molecule has 0 saturated carbocycles. The highest BCUT2D eigenvalue weighted by atomic mass is 16.6. The van der Waals surface area contributed by atoms with Crippen molar-refractivity contribution in [1.29, 1.82) is 5.41 Å². The molecule has 0 spiro atoms. The largest absolute Gasteiger partial charge is 0.390 e.